The van der Waals surface area contributed by atoms with Crippen LogP contribution in [0.1, 0.15) is 47.7 Å². The van der Waals surface area contributed by atoms with Crippen molar-refractivity contribution in [1.29, 1.82) is 0 Å². The minimum atomic E-state index is -0.434. The standard InChI is InChI=1S/C14H21N3O2/c1-4-19-14(18)13-15-10(2)8-12(16-13)11-6-5-7-17(3)9-11/h8,11H,4-7,9H2,1-3H3. The summed E-state index contributed by atoms with van der Waals surface area (Å²) in [4.78, 5) is 22.6. The number of esters is 1. The number of ether oxygens (including phenoxy) is 1. The van der Waals surface area contributed by atoms with Crippen molar-refractivity contribution < 1.29 is 9.53 Å². The summed E-state index contributed by atoms with van der Waals surface area (Å²) in [7, 11) is 2.12. The van der Waals surface area contributed by atoms with Gasteiger partial charge in [0.1, 0.15) is 0 Å². The van der Waals surface area contributed by atoms with Crippen molar-refractivity contribution in [3.8, 4) is 0 Å². The molecule has 0 aliphatic carbocycles. The summed E-state index contributed by atoms with van der Waals surface area (Å²) in [6.07, 6.45) is 2.28. The second kappa shape index (κ2) is 6.10. The first-order valence-electron chi connectivity index (χ1n) is 6.81. The molecular formula is C14H21N3O2. The highest BCUT2D eigenvalue weighted by atomic mass is 16.5. The molecule has 19 heavy (non-hydrogen) atoms. The molecule has 104 valence electrons. The first-order chi connectivity index (χ1) is 9.10. The Labute approximate surface area is 114 Å². The number of piperidine rings is 1. The van der Waals surface area contributed by atoms with Crippen molar-refractivity contribution in [2.75, 3.05) is 26.7 Å². The van der Waals surface area contributed by atoms with Crippen LogP contribution in [0.3, 0.4) is 0 Å². The Morgan fingerprint density at radius 1 is 1.53 bits per heavy atom. The lowest BCUT2D eigenvalue weighted by molar-refractivity contribution is 0.0511. The topological polar surface area (TPSA) is 55.3 Å². The molecule has 1 atom stereocenters. The summed E-state index contributed by atoms with van der Waals surface area (Å²) < 4.78 is 4.97. The molecule has 0 amide bonds. The molecule has 1 saturated heterocycles. The maximum absolute atomic E-state index is 11.7. The second-order valence-corrected chi connectivity index (χ2v) is 5.08. The minimum absolute atomic E-state index is 0.185. The number of hydrogen-bond acceptors (Lipinski definition) is 5. The number of likely N-dealkylation sites (N-methyl/N-ethyl adjacent to an activating group) is 1. The molecule has 5 nitrogen and oxygen atoms in total. The van der Waals surface area contributed by atoms with E-state index in [4.69, 9.17) is 4.74 Å². The average molecular weight is 263 g/mol. The van der Waals surface area contributed by atoms with Crippen LogP contribution in [-0.4, -0.2) is 47.6 Å². The van der Waals surface area contributed by atoms with Gasteiger partial charge in [-0.2, -0.15) is 0 Å². The molecule has 1 aromatic heterocycles. The zero-order chi connectivity index (χ0) is 13.8. The molecule has 0 spiro atoms. The van der Waals surface area contributed by atoms with Crippen LogP contribution >= 0.6 is 0 Å². The fourth-order valence-electron chi connectivity index (χ4n) is 2.50. The molecular weight excluding hydrogens is 242 g/mol. The number of carbonyl (C=O) groups is 1. The maximum atomic E-state index is 11.7. The Hall–Kier alpha value is -1.49. The van der Waals surface area contributed by atoms with E-state index in [0.29, 0.717) is 12.5 Å². The van der Waals surface area contributed by atoms with Crippen LogP contribution in [0.2, 0.25) is 0 Å². The quantitative estimate of drug-likeness (QED) is 0.778. The summed E-state index contributed by atoms with van der Waals surface area (Å²) in [6.45, 7) is 6.13. The largest absolute Gasteiger partial charge is 0.460 e. The highest BCUT2D eigenvalue weighted by Crippen LogP contribution is 2.25. The highest BCUT2D eigenvalue weighted by molar-refractivity contribution is 5.85. The normalized spacial score (nSPS) is 20.3. The number of aromatic nitrogens is 2. The van der Waals surface area contributed by atoms with Gasteiger partial charge in [-0.25, -0.2) is 14.8 Å². The van der Waals surface area contributed by atoms with E-state index in [2.05, 4.69) is 21.9 Å². The third-order valence-corrected chi connectivity index (χ3v) is 3.37. The molecule has 2 heterocycles. The Bertz CT molecular complexity index is 462. The van der Waals surface area contributed by atoms with Gasteiger partial charge in [-0.3, -0.25) is 0 Å². The van der Waals surface area contributed by atoms with Crippen molar-refractivity contribution in [3.05, 3.63) is 23.3 Å². The van der Waals surface area contributed by atoms with Crippen LogP contribution < -0.4 is 0 Å². The van der Waals surface area contributed by atoms with Crippen LogP contribution in [0, 0.1) is 6.92 Å². The highest BCUT2D eigenvalue weighted by Gasteiger charge is 2.22. The molecule has 0 bridgehead atoms. The van der Waals surface area contributed by atoms with Gasteiger partial charge < -0.3 is 9.64 Å². The second-order valence-electron chi connectivity index (χ2n) is 5.08. The van der Waals surface area contributed by atoms with E-state index < -0.39 is 5.97 Å². The fraction of sp³-hybridized carbons (Fsp3) is 0.643. The van der Waals surface area contributed by atoms with Gasteiger partial charge in [0.15, 0.2) is 0 Å². The van der Waals surface area contributed by atoms with Crippen molar-refractivity contribution >= 4 is 5.97 Å². The molecule has 0 aromatic carbocycles. The molecule has 5 heteroatoms. The van der Waals surface area contributed by atoms with E-state index in [0.717, 1.165) is 30.9 Å². The molecule has 1 aliphatic rings. The van der Waals surface area contributed by atoms with Gasteiger partial charge >= 0.3 is 5.97 Å². The molecule has 0 N–H and O–H groups in total. The summed E-state index contributed by atoms with van der Waals surface area (Å²) in [6, 6.07) is 1.98. The van der Waals surface area contributed by atoms with Gasteiger partial charge in [0, 0.05) is 23.9 Å². The zero-order valence-corrected chi connectivity index (χ0v) is 11.8. The SMILES string of the molecule is CCOC(=O)c1nc(C)cc(C2CCCN(C)C2)n1. The summed E-state index contributed by atoms with van der Waals surface area (Å²) in [5.41, 5.74) is 1.78. The Kier molecular flexibility index (Phi) is 4.47. The zero-order valence-electron chi connectivity index (χ0n) is 11.8. The maximum Gasteiger partial charge on any atom is 0.376 e. The van der Waals surface area contributed by atoms with Crippen molar-refractivity contribution in [3.63, 3.8) is 0 Å². The fourth-order valence-corrected chi connectivity index (χ4v) is 2.50. The summed E-state index contributed by atoms with van der Waals surface area (Å²) >= 11 is 0. The van der Waals surface area contributed by atoms with Gasteiger partial charge in [0.2, 0.25) is 5.82 Å². The van der Waals surface area contributed by atoms with Crippen LogP contribution in [0.5, 0.6) is 0 Å². The monoisotopic (exact) mass is 263 g/mol. The van der Waals surface area contributed by atoms with E-state index in [1.54, 1.807) is 6.92 Å². The molecule has 1 fully saturated rings. The van der Waals surface area contributed by atoms with Crippen LogP contribution in [0.4, 0.5) is 0 Å². The lowest BCUT2D eigenvalue weighted by Gasteiger charge is -2.29. The van der Waals surface area contributed by atoms with E-state index in [1.165, 1.54) is 6.42 Å². The molecule has 0 radical (unpaired) electrons. The van der Waals surface area contributed by atoms with Gasteiger partial charge in [-0.1, -0.05) is 0 Å². The predicted molar refractivity (Wildman–Crippen MR) is 72.2 cm³/mol. The average Bonchev–Trinajstić information content (AvgIpc) is 2.38. The van der Waals surface area contributed by atoms with Crippen LogP contribution in [0.15, 0.2) is 6.07 Å². The molecule has 1 aliphatic heterocycles. The number of likely N-dealkylation sites (tertiary alicyclic amines) is 1. The predicted octanol–water partition coefficient (Wildman–Crippen LogP) is 1.77. The van der Waals surface area contributed by atoms with Gasteiger partial charge in [0.25, 0.3) is 0 Å². The van der Waals surface area contributed by atoms with Crippen LogP contribution in [-0.2, 0) is 4.74 Å². The van der Waals surface area contributed by atoms with E-state index in [1.807, 2.05) is 13.0 Å². The molecule has 1 aromatic rings. The lowest BCUT2D eigenvalue weighted by Crippen LogP contribution is -2.31. The molecule has 1 unspecified atom stereocenters. The van der Waals surface area contributed by atoms with Crippen molar-refractivity contribution in [2.45, 2.75) is 32.6 Å². The summed E-state index contributed by atoms with van der Waals surface area (Å²) in [5.74, 6) is 0.135. The number of carbonyl (C=O) groups excluding carboxylic acids is 1. The van der Waals surface area contributed by atoms with E-state index in [9.17, 15) is 4.79 Å². The minimum Gasteiger partial charge on any atom is -0.460 e. The number of nitrogens with zero attached hydrogens (tertiary/aromatic N) is 3. The number of rotatable bonds is 3. The van der Waals surface area contributed by atoms with E-state index in [-0.39, 0.29) is 5.82 Å². The first kappa shape index (κ1) is 13.9. The van der Waals surface area contributed by atoms with Gasteiger partial charge in [-0.15, -0.1) is 0 Å². The van der Waals surface area contributed by atoms with Crippen LogP contribution in [0.25, 0.3) is 0 Å². The third kappa shape index (κ3) is 3.50. The first-order valence-corrected chi connectivity index (χ1v) is 6.81. The Morgan fingerprint density at radius 2 is 2.32 bits per heavy atom. The van der Waals surface area contributed by atoms with Gasteiger partial charge in [-0.05, 0) is 46.3 Å². The smallest absolute Gasteiger partial charge is 0.376 e. The Morgan fingerprint density at radius 3 is 3.00 bits per heavy atom. The van der Waals surface area contributed by atoms with E-state index >= 15 is 0 Å². The lowest BCUT2D eigenvalue weighted by atomic mass is 9.94. The Balaban J connectivity index is 2.23. The number of aryl methyl sites for hydroxylation is 1. The van der Waals surface area contributed by atoms with Crippen molar-refractivity contribution in [2.24, 2.45) is 0 Å². The van der Waals surface area contributed by atoms with Crippen molar-refractivity contribution in [1.82, 2.24) is 14.9 Å². The molecule has 2 rings (SSSR count). The molecule has 0 saturated carbocycles. The number of hydrogen-bond donors (Lipinski definition) is 0. The summed E-state index contributed by atoms with van der Waals surface area (Å²) in [5, 5.41) is 0. The van der Waals surface area contributed by atoms with Gasteiger partial charge in [0.05, 0.1) is 6.61 Å². The third-order valence-electron chi connectivity index (χ3n) is 3.37.